The number of rotatable bonds is 6. The third-order valence-corrected chi connectivity index (χ3v) is 4.09. The molecular formula is C13H20N2O2S. The Morgan fingerprint density at radius 1 is 1.44 bits per heavy atom. The van der Waals surface area contributed by atoms with Gasteiger partial charge in [0, 0.05) is 34.4 Å². The number of nitrogens with two attached hydrogens (primary N) is 1. The molecule has 3 N–H and O–H groups in total. The maximum atomic E-state index is 12.0. The standard InChI is InChI=1S/C13H20N2O2S/c1-10(18(2)17)9-15-13(16)12-6-4-3-5-11(12)7-8-14/h3-6,10H,7-9,14H2,1-2H3,(H,15,16). The summed E-state index contributed by atoms with van der Waals surface area (Å²) in [5.41, 5.74) is 7.12. The molecule has 100 valence electrons. The predicted octanol–water partition coefficient (Wildman–Crippen LogP) is 0.685. The molecule has 4 nitrogen and oxygen atoms in total. The zero-order valence-corrected chi connectivity index (χ0v) is 11.6. The molecule has 0 aliphatic carbocycles. The minimum absolute atomic E-state index is 0.0457. The summed E-state index contributed by atoms with van der Waals surface area (Å²) in [4.78, 5) is 12.0. The van der Waals surface area contributed by atoms with Gasteiger partial charge in [0.25, 0.3) is 5.91 Å². The largest absolute Gasteiger partial charge is 0.351 e. The first-order valence-corrected chi connectivity index (χ1v) is 7.56. The van der Waals surface area contributed by atoms with E-state index in [0.717, 1.165) is 5.56 Å². The van der Waals surface area contributed by atoms with Gasteiger partial charge in [-0.3, -0.25) is 9.00 Å². The van der Waals surface area contributed by atoms with Crippen LogP contribution >= 0.6 is 0 Å². The van der Waals surface area contributed by atoms with E-state index in [1.807, 2.05) is 25.1 Å². The number of nitrogens with one attached hydrogen (secondary N) is 1. The van der Waals surface area contributed by atoms with Crippen LogP contribution in [0.3, 0.4) is 0 Å². The van der Waals surface area contributed by atoms with Crippen molar-refractivity contribution in [1.29, 1.82) is 0 Å². The van der Waals surface area contributed by atoms with E-state index in [9.17, 15) is 9.00 Å². The highest BCUT2D eigenvalue weighted by Gasteiger charge is 2.12. The van der Waals surface area contributed by atoms with E-state index in [1.165, 1.54) is 0 Å². The average molecular weight is 268 g/mol. The Balaban J connectivity index is 2.69. The van der Waals surface area contributed by atoms with Crippen molar-refractivity contribution in [3.63, 3.8) is 0 Å². The zero-order valence-electron chi connectivity index (χ0n) is 10.8. The Kier molecular flexibility index (Phi) is 6.01. The van der Waals surface area contributed by atoms with Crippen LogP contribution in [-0.2, 0) is 17.2 Å². The van der Waals surface area contributed by atoms with Crippen molar-refractivity contribution in [2.45, 2.75) is 18.6 Å². The van der Waals surface area contributed by atoms with Gasteiger partial charge in [-0.25, -0.2) is 0 Å². The summed E-state index contributed by atoms with van der Waals surface area (Å²) in [6.45, 7) is 2.78. The second-order valence-electron chi connectivity index (χ2n) is 4.22. The maximum absolute atomic E-state index is 12.0. The van der Waals surface area contributed by atoms with E-state index in [-0.39, 0.29) is 11.2 Å². The molecule has 0 spiro atoms. The molecule has 18 heavy (non-hydrogen) atoms. The first-order chi connectivity index (χ1) is 8.56. The molecular weight excluding hydrogens is 248 g/mol. The number of carbonyl (C=O) groups is 1. The van der Waals surface area contributed by atoms with E-state index in [4.69, 9.17) is 5.73 Å². The Morgan fingerprint density at radius 2 is 2.11 bits per heavy atom. The van der Waals surface area contributed by atoms with Crippen LogP contribution in [0.4, 0.5) is 0 Å². The second kappa shape index (κ2) is 7.28. The summed E-state index contributed by atoms with van der Waals surface area (Å²) in [5.74, 6) is -0.128. The van der Waals surface area contributed by atoms with Crippen LogP contribution in [0.1, 0.15) is 22.8 Å². The molecule has 0 saturated heterocycles. The fraction of sp³-hybridized carbons (Fsp3) is 0.462. The maximum Gasteiger partial charge on any atom is 0.251 e. The molecule has 0 aliphatic rings. The van der Waals surface area contributed by atoms with Crippen LogP contribution < -0.4 is 11.1 Å². The van der Waals surface area contributed by atoms with Crippen LogP contribution in [0.2, 0.25) is 0 Å². The van der Waals surface area contributed by atoms with Crippen molar-refractivity contribution < 1.29 is 9.00 Å². The first kappa shape index (κ1) is 14.9. The molecule has 1 amide bonds. The molecule has 0 aliphatic heterocycles. The molecule has 0 aromatic heterocycles. The van der Waals surface area contributed by atoms with Gasteiger partial charge in [0.05, 0.1) is 0 Å². The van der Waals surface area contributed by atoms with E-state index < -0.39 is 10.8 Å². The predicted molar refractivity (Wildman–Crippen MR) is 75.1 cm³/mol. The molecule has 0 heterocycles. The molecule has 5 heteroatoms. The number of amides is 1. The summed E-state index contributed by atoms with van der Waals surface area (Å²) in [6.07, 6.45) is 2.32. The van der Waals surface area contributed by atoms with Gasteiger partial charge in [-0.05, 0) is 31.5 Å². The van der Waals surface area contributed by atoms with Gasteiger partial charge in [0.2, 0.25) is 0 Å². The van der Waals surface area contributed by atoms with Gasteiger partial charge in [0.1, 0.15) is 0 Å². The molecule has 0 saturated carbocycles. The van der Waals surface area contributed by atoms with E-state index in [0.29, 0.717) is 25.1 Å². The third kappa shape index (κ3) is 4.23. The van der Waals surface area contributed by atoms with E-state index in [2.05, 4.69) is 5.32 Å². The topological polar surface area (TPSA) is 72.2 Å². The van der Waals surface area contributed by atoms with Crippen LogP contribution in [0.25, 0.3) is 0 Å². The van der Waals surface area contributed by atoms with Crippen LogP contribution in [0, 0.1) is 0 Å². The smallest absolute Gasteiger partial charge is 0.251 e. The molecule has 1 rings (SSSR count). The van der Waals surface area contributed by atoms with Crippen molar-refractivity contribution in [3.8, 4) is 0 Å². The highest BCUT2D eigenvalue weighted by molar-refractivity contribution is 7.84. The minimum atomic E-state index is -0.927. The summed E-state index contributed by atoms with van der Waals surface area (Å²) < 4.78 is 11.2. The van der Waals surface area contributed by atoms with Crippen molar-refractivity contribution in [2.24, 2.45) is 5.73 Å². The molecule has 0 fully saturated rings. The van der Waals surface area contributed by atoms with Crippen LogP contribution in [0.15, 0.2) is 24.3 Å². The lowest BCUT2D eigenvalue weighted by atomic mass is 10.0. The lowest BCUT2D eigenvalue weighted by molar-refractivity contribution is 0.0953. The number of benzene rings is 1. The monoisotopic (exact) mass is 268 g/mol. The molecule has 2 atom stereocenters. The SMILES string of the molecule is CC(CNC(=O)c1ccccc1CCN)S(C)=O. The summed E-state index contributed by atoms with van der Waals surface area (Å²) >= 11 is 0. The van der Waals surface area contributed by atoms with Gasteiger partial charge in [-0.15, -0.1) is 0 Å². The number of carbonyl (C=O) groups excluding carboxylic acids is 1. The Labute approximate surface area is 110 Å². The summed E-state index contributed by atoms with van der Waals surface area (Å²) in [7, 11) is -0.927. The lowest BCUT2D eigenvalue weighted by Crippen LogP contribution is -2.33. The van der Waals surface area contributed by atoms with Gasteiger partial charge < -0.3 is 11.1 Å². The molecule has 1 aromatic rings. The molecule has 1 aromatic carbocycles. The first-order valence-electron chi connectivity index (χ1n) is 5.94. The Morgan fingerprint density at radius 3 is 2.72 bits per heavy atom. The fourth-order valence-corrected chi connectivity index (χ4v) is 1.88. The fourth-order valence-electron chi connectivity index (χ4n) is 1.56. The van der Waals surface area contributed by atoms with Gasteiger partial charge in [-0.2, -0.15) is 0 Å². The number of hydrogen-bond donors (Lipinski definition) is 2. The van der Waals surface area contributed by atoms with Crippen LogP contribution in [0.5, 0.6) is 0 Å². The van der Waals surface area contributed by atoms with E-state index in [1.54, 1.807) is 12.3 Å². The van der Waals surface area contributed by atoms with Crippen molar-refractivity contribution >= 4 is 16.7 Å². The van der Waals surface area contributed by atoms with Gasteiger partial charge >= 0.3 is 0 Å². The minimum Gasteiger partial charge on any atom is -0.351 e. The molecule has 0 radical (unpaired) electrons. The van der Waals surface area contributed by atoms with Crippen LogP contribution in [-0.4, -0.2) is 34.7 Å². The van der Waals surface area contributed by atoms with Crippen molar-refractivity contribution in [2.75, 3.05) is 19.3 Å². The molecule has 0 bridgehead atoms. The Bertz CT molecular complexity index is 435. The third-order valence-electron chi connectivity index (χ3n) is 2.79. The van der Waals surface area contributed by atoms with E-state index >= 15 is 0 Å². The highest BCUT2D eigenvalue weighted by Crippen LogP contribution is 2.09. The normalized spacial score (nSPS) is 13.9. The summed E-state index contributed by atoms with van der Waals surface area (Å²) in [5, 5.41) is 2.76. The second-order valence-corrected chi connectivity index (χ2v) is 6.02. The quantitative estimate of drug-likeness (QED) is 0.797. The van der Waals surface area contributed by atoms with Crippen molar-refractivity contribution in [1.82, 2.24) is 5.32 Å². The zero-order chi connectivity index (χ0) is 13.5. The molecule has 2 unspecified atom stereocenters. The average Bonchev–Trinajstić information content (AvgIpc) is 2.36. The van der Waals surface area contributed by atoms with Gasteiger partial charge in [-0.1, -0.05) is 18.2 Å². The number of hydrogen-bond acceptors (Lipinski definition) is 3. The van der Waals surface area contributed by atoms with Gasteiger partial charge in [0.15, 0.2) is 0 Å². The van der Waals surface area contributed by atoms with Crippen molar-refractivity contribution in [3.05, 3.63) is 35.4 Å². The highest BCUT2D eigenvalue weighted by atomic mass is 32.2. The Hall–Kier alpha value is -1.20. The lowest BCUT2D eigenvalue weighted by Gasteiger charge is -2.12. The summed E-state index contributed by atoms with van der Waals surface area (Å²) in [6, 6.07) is 7.42.